The highest BCUT2D eigenvalue weighted by Crippen LogP contribution is 2.42. The van der Waals surface area contributed by atoms with Crippen molar-refractivity contribution in [3.05, 3.63) is 126 Å². The largest absolute Gasteiger partial charge is 0.273 e. The molecular weight excluding hydrogens is 544 g/mol. The van der Waals surface area contributed by atoms with Gasteiger partial charge >= 0.3 is 0 Å². The lowest BCUT2D eigenvalue weighted by Gasteiger charge is -2.17. The number of para-hydroxylation sites is 2. The van der Waals surface area contributed by atoms with E-state index in [1.807, 2.05) is 13.8 Å². The Morgan fingerprint density at radius 1 is 0.650 bits per heavy atom. The monoisotopic (exact) mass is 568 g/mol. The number of rotatable bonds is 5. The van der Waals surface area contributed by atoms with Gasteiger partial charge in [-0.25, -0.2) is 20.8 Å². The fraction of sp³-hybridized carbons (Fsp3) is 0.0645. The van der Waals surface area contributed by atoms with E-state index >= 15 is 0 Å². The summed E-state index contributed by atoms with van der Waals surface area (Å²) in [5, 5.41) is 0.607. The summed E-state index contributed by atoms with van der Waals surface area (Å²) in [6.07, 6.45) is 3.04. The number of aromatic nitrogens is 1. The van der Waals surface area contributed by atoms with Crippen molar-refractivity contribution in [3.63, 3.8) is 0 Å². The molecule has 0 bridgehead atoms. The van der Waals surface area contributed by atoms with Crippen LogP contribution >= 0.6 is 0 Å². The number of amides is 1. The van der Waals surface area contributed by atoms with Crippen LogP contribution in [0, 0.1) is 13.8 Å². The Bertz CT molecular complexity index is 2060. The van der Waals surface area contributed by atoms with Gasteiger partial charge in [-0.1, -0.05) is 71.8 Å². The minimum Gasteiger partial charge on any atom is -0.268 e. The van der Waals surface area contributed by atoms with Crippen LogP contribution < -0.4 is 4.31 Å². The van der Waals surface area contributed by atoms with Crippen LogP contribution in [-0.4, -0.2) is 26.7 Å². The van der Waals surface area contributed by atoms with Crippen LogP contribution in [0.4, 0.5) is 5.69 Å². The molecule has 4 aromatic carbocycles. The molecule has 7 nitrogen and oxygen atoms in total. The first-order chi connectivity index (χ1) is 19.1. The van der Waals surface area contributed by atoms with Crippen LogP contribution in [0.2, 0.25) is 0 Å². The van der Waals surface area contributed by atoms with Gasteiger partial charge in [0.1, 0.15) is 0 Å². The first-order valence-electron chi connectivity index (χ1n) is 12.5. The molecule has 0 N–H and O–H groups in total. The highest BCUT2D eigenvalue weighted by Gasteiger charge is 2.41. The van der Waals surface area contributed by atoms with Crippen LogP contribution in [0.1, 0.15) is 22.3 Å². The molecule has 2 heterocycles. The van der Waals surface area contributed by atoms with Crippen LogP contribution in [0.25, 0.3) is 22.6 Å². The van der Waals surface area contributed by atoms with Crippen molar-refractivity contribution in [1.29, 1.82) is 0 Å². The number of benzene rings is 4. The van der Waals surface area contributed by atoms with E-state index in [1.54, 1.807) is 91.0 Å². The van der Waals surface area contributed by atoms with Gasteiger partial charge in [0.2, 0.25) is 0 Å². The summed E-state index contributed by atoms with van der Waals surface area (Å²) in [4.78, 5) is 13.9. The molecule has 40 heavy (non-hydrogen) atoms. The van der Waals surface area contributed by atoms with Gasteiger partial charge in [-0.05, 0) is 56.3 Å². The maximum Gasteiger partial charge on any atom is 0.273 e. The molecule has 0 saturated heterocycles. The zero-order valence-corrected chi connectivity index (χ0v) is 23.3. The van der Waals surface area contributed by atoms with E-state index in [0.717, 1.165) is 15.4 Å². The quantitative estimate of drug-likeness (QED) is 0.251. The average molecular weight is 569 g/mol. The Kier molecular flexibility index (Phi) is 6.01. The SMILES string of the molecule is Cc1ccc(S(=O)(=O)N2C(=O)/C(=C\c3cn(S(=O)(=O)c4ccc(C)cc4)c4ccccc34)c3ccccc32)cc1. The summed E-state index contributed by atoms with van der Waals surface area (Å²) in [6, 6.07) is 26.6. The molecule has 5 aromatic rings. The number of nitrogens with zero attached hydrogens (tertiary/aromatic N) is 2. The van der Waals surface area contributed by atoms with Crippen molar-refractivity contribution < 1.29 is 21.6 Å². The Hall–Kier alpha value is -4.47. The fourth-order valence-electron chi connectivity index (χ4n) is 4.87. The highest BCUT2D eigenvalue weighted by molar-refractivity contribution is 7.93. The molecule has 0 fully saturated rings. The third-order valence-corrected chi connectivity index (χ3v) is 10.4. The molecule has 1 aliphatic rings. The van der Waals surface area contributed by atoms with Crippen LogP contribution in [0.5, 0.6) is 0 Å². The van der Waals surface area contributed by atoms with E-state index in [4.69, 9.17) is 0 Å². The van der Waals surface area contributed by atoms with Gasteiger partial charge in [0.05, 0.1) is 26.6 Å². The molecule has 0 unspecified atom stereocenters. The lowest BCUT2D eigenvalue weighted by Crippen LogP contribution is -2.33. The first-order valence-corrected chi connectivity index (χ1v) is 15.4. The highest BCUT2D eigenvalue weighted by atomic mass is 32.2. The predicted octanol–water partition coefficient (Wildman–Crippen LogP) is 5.77. The van der Waals surface area contributed by atoms with E-state index in [2.05, 4.69) is 0 Å². The fourth-order valence-corrected chi connectivity index (χ4v) is 7.68. The third kappa shape index (κ3) is 4.06. The van der Waals surface area contributed by atoms with E-state index in [9.17, 15) is 21.6 Å². The normalized spacial score (nSPS) is 14.7. The summed E-state index contributed by atoms with van der Waals surface area (Å²) in [6.45, 7) is 3.73. The van der Waals surface area contributed by atoms with E-state index in [0.29, 0.717) is 22.0 Å². The number of carbonyl (C=O) groups excluding carboxylic acids is 1. The second-order valence-electron chi connectivity index (χ2n) is 9.68. The molecule has 9 heteroatoms. The average Bonchev–Trinajstić information content (AvgIpc) is 3.45. The zero-order chi connectivity index (χ0) is 28.2. The topological polar surface area (TPSA) is 93.5 Å². The summed E-state index contributed by atoms with van der Waals surface area (Å²) >= 11 is 0. The van der Waals surface area contributed by atoms with Crippen molar-refractivity contribution in [1.82, 2.24) is 3.97 Å². The number of fused-ring (bicyclic) bond motifs is 2. The van der Waals surface area contributed by atoms with Crippen LogP contribution in [0.15, 0.2) is 113 Å². The van der Waals surface area contributed by atoms with Gasteiger partial charge in [-0.3, -0.25) is 4.79 Å². The minimum atomic E-state index is -4.20. The predicted molar refractivity (Wildman–Crippen MR) is 156 cm³/mol. The summed E-state index contributed by atoms with van der Waals surface area (Å²) < 4.78 is 56.5. The van der Waals surface area contributed by atoms with E-state index < -0.39 is 26.0 Å². The smallest absolute Gasteiger partial charge is 0.268 e. The van der Waals surface area contributed by atoms with Gasteiger partial charge in [-0.2, -0.15) is 4.31 Å². The molecular formula is C31H24N2O5S2. The van der Waals surface area contributed by atoms with Gasteiger partial charge in [0.25, 0.3) is 26.0 Å². The molecule has 1 amide bonds. The van der Waals surface area contributed by atoms with Crippen molar-refractivity contribution >= 4 is 54.2 Å². The number of hydrogen-bond donors (Lipinski definition) is 0. The second kappa shape index (κ2) is 9.32. The molecule has 0 radical (unpaired) electrons. The summed E-state index contributed by atoms with van der Waals surface area (Å²) in [5.41, 5.74) is 3.59. The number of aryl methyl sites for hydroxylation is 2. The van der Waals surface area contributed by atoms with Crippen molar-refractivity contribution in [2.45, 2.75) is 23.6 Å². The Labute approximate surface area is 232 Å². The molecule has 1 aliphatic heterocycles. The molecule has 0 saturated carbocycles. The first kappa shape index (κ1) is 25.8. The Morgan fingerprint density at radius 2 is 1.20 bits per heavy atom. The molecule has 6 rings (SSSR count). The van der Waals surface area contributed by atoms with Gasteiger partial charge in [0, 0.05) is 22.7 Å². The van der Waals surface area contributed by atoms with Crippen molar-refractivity contribution in [2.24, 2.45) is 0 Å². The Morgan fingerprint density at radius 3 is 1.85 bits per heavy atom. The van der Waals surface area contributed by atoms with Gasteiger partial charge in [0.15, 0.2) is 0 Å². The van der Waals surface area contributed by atoms with Crippen LogP contribution in [0.3, 0.4) is 0 Å². The molecule has 200 valence electrons. The molecule has 0 atom stereocenters. The van der Waals surface area contributed by atoms with E-state index in [1.165, 1.54) is 22.3 Å². The van der Waals surface area contributed by atoms with Crippen LogP contribution in [-0.2, 0) is 24.8 Å². The Balaban J connectivity index is 1.52. The summed E-state index contributed by atoms with van der Waals surface area (Å²) in [5.74, 6) is -0.708. The number of anilines is 1. The minimum absolute atomic E-state index is 0.00305. The lowest BCUT2D eigenvalue weighted by atomic mass is 10.0. The third-order valence-electron chi connectivity index (χ3n) is 6.97. The molecule has 1 aromatic heterocycles. The summed E-state index contributed by atoms with van der Waals surface area (Å²) in [7, 11) is -8.15. The van der Waals surface area contributed by atoms with Crippen molar-refractivity contribution in [3.8, 4) is 0 Å². The maximum atomic E-state index is 13.8. The van der Waals surface area contributed by atoms with Gasteiger partial charge < -0.3 is 0 Å². The second-order valence-corrected chi connectivity index (χ2v) is 13.3. The van der Waals surface area contributed by atoms with Gasteiger partial charge in [-0.15, -0.1) is 0 Å². The van der Waals surface area contributed by atoms with E-state index in [-0.39, 0.29) is 21.1 Å². The lowest BCUT2D eigenvalue weighted by molar-refractivity contribution is -0.111. The number of carbonyl (C=O) groups is 1. The zero-order valence-electron chi connectivity index (χ0n) is 21.6. The standard InChI is InChI=1S/C31H24N2O5S2/c1-21-11-15-24(16-12-21)39(35,36)32-20-23(26-7-3-5-9-29(26)32)19-28-27-8-4-6-10-30(27)33(31(28)34)40(37,38)25-17-13-22(2)14-18-25/h3-20H,1-2H3/b28-19-. The molecule has 0 aliphatic carbocycles. The van der Waals surface area contributed by atoms with Crippen molar-refractivity contribution in [2.75, 3.05) is 4.31 Å². The number of hydrogen-bond acceptors (Lipinski definition) is 5. The molecule has 0 spiro atoms. The maximum absolute atomic E-state index is 13.8. The number of sulfonamides is 1.